The highest BCUT2D eigenvalue weighted by Gasteiger charge is 2.74. The fourth-order valence-corrected chi connectivity index (χ4v) is 7.16. The molecule has 4 N–H and O–H groups in total. The van der Waals surface area contributed by atoms with Gasteiger partial charge in [0.05, 0.1) is 12.2 Å². The molecule has 0 bridgehead atoms. The predicted molar refractivity (Wildman–Crippen MR) is 93.1 cm³/mol. The molecule has 1 heterocycles. The quantitative estimate of drug-likeness (QED) is 0.429. The molecule has 0 amide bonds. The van der Waals surface area contributed by atoms with Gasteiger partial charge < -0.3 is 25.2 Å². The summed E-state index contributed by atoms with van der Waals surface area (Å²) < 4.78 is 5.60. The van der Waals surface area contributed by atoms with E-state index in [1.54, 1.807) is 20.8 Å². The van der Waals surface area contributed by atoms with E-state index in [1.807, 2.05) is 6.92 Å². The third-order valence-electron chi connectivity index (χ3n) is 8.37. The molecule has 0 aromatic carbocycles. The average molecular weight is 380 g/mol. The molecule has 11 atom stereocenters. The van der Waals surface area contributed by atoms with Crippen LogP contribution >= 0.6 is 0 Å². The van der Waals surface area contributed by atoms with Crippen LogP contribution in [0.2, 0.25) is 0 Å². The van der Waals surface area contributed by atoms with Crippen LogP contribution in [0.15, 0.2) is 11.6 Å². The Labute approximate surface area is 158 Å². The molecule has 0 aromatic heterocycles. The van der Waals surface area contributed by atoms with Gasteiger partial charge in [-0.3, -0.25) is 4.79 Å². The van der Waals surface area contributed by atoms with Crippen LogP contribution in [0.1, 0.15) is 34.1 Å². The van der Waals surface area contributed by atoms with Crippen LogP contribution < -0.4 is 0 Å². The van der Waals surface area contributed by atoms with Gasteiger partial charge in [0.2, 0.25) is 0 Å². The Balaban J connectivity index is 1.96. The molecule has 0 spiro atoms. The maximum atomic E-state index is 12.5. The second-order valence-electron chi connectivity index (χ2n) is 9.43. The summed E-state index contributed by atoms with van der Waals surface area (Å²) in [5.74, 6) is -3.33. The van der Waals surface area contributed by atoms with Crippen LogP contribution in [0.5, 0.6) is 0 Å². The van der Waals surface area contributed by atoms with Crippen molar-refractivity contribution in [2.24, 2.45) is 34.5 Å². The largest absolute Gasteiger partial charge is 0.460 e. The van der Waals surface area contributed by atoms with Gasteiger partial charge in [-0.25, -0.2) is 4.79 Å². The summed E-state index contributed by atoms with van der Waals surface area (Å²) in [6.45, 7) is 7.14. The number of ether oxygens (including phenoxy) is 1. The molecule has 4 rings (SSSR count). The van der Waals surface area contributed by atoms with Crippen molar-refractivity contribution < 1.29 is 34.8 Å². The normalized spacial score (nSPS) is 57.3. The van der Waals surface area contributed by atoms with E-state index in [4.69, 9.17) is 4.74 Å². The van der Waals surface area contributed by atoms with E-state index in [-0.39, 0.29) is 5.92 Å². The molecule has 0 unspecified atom stereocenters. The van der Waals surface area contributed by atoms with Gasteiger partial charge >= 0.3 is 5.97 Å². The first-order chi connectivity index (χ1) is 12.5. The number of aliphatic hydroxyl groups excluding tert-OH is 4. The van der Waals surface area contributed by atoms with Crippen LogP contribution in [-0.4, -0.2) is 62.7 Å². The summed E-state index contributed by atoms with van der Waals surface area (Å²) in [4.78, 5) is 24.8. The van der Waals surface area contributed by atoms with Crippen molar-refractivity contribution in [1.29, 1.82) is 0 Å². The van der Waals surface area contributed by atoms with Gasteiger partial charge in [0.25, 0.3) is 0 Å². The molecule has 0 radical (unpaired) electrons. The third kappa shape index (κ3) is 2.06. The van der Waals surface area contributed by atoms with Crippen LogP contribution in [0.3, 0.4) is 0 Å². The fraction of sp³-hybridized carbons (Fsp3) is 0.800. The highest BCUT2D eigenvalue weighted by Crippen LogP contribution is 2.68. The minimum absolute atomic E-state index is 0.285. The molecule has 1 aliphatic heterocycles. The highest BCUT2D eigenvalue weighted by atomic mass is 16.6. The molecule has 27 heavy (non-hydrogen) atoms. The minimum atomic E-state index is -1.42. The molecule has 4 aliphatic rings. The lowest BCUT2D eigenvalue weighted by Crippen LogP contribution is -2.76. The number of hydrogen-bond acceptors (Lipinski definition) is 7. The fourth-order valence-electron chi connectivity index (χ4n) is 7.16. The third-order valence-corrected chi connectivity index (χ3v) is 8.37. The van der Waals surface area contributed by atoms with E-state index >= 15 is 0 Å². The smallest absolute Gasteiger partial charge is 0.335 e. The average Bonchev–Trinajstić information content (AvgIpc) is 2.59. The molecule has 3 fully saturated rings. The van der Waals surface area contributed by atoms with Crippen molar-refractivity contribution in [3.05, 3.63) is 11.6 Å². The van der Waals surface area contributed by atoms with Crippen LogP contribution in [0.25, 0.3) is 0 Å². The van der Waals surface area contributed by atoms with Crippen molar-refractivity contribution >= 4 is 11.8 Å². The van der Waals surface area contributed by atoms with E-state index in [9.17, 15) is 30.0 Å². The van der Waals surface area contributed by atoms with Gasteiger partial charge in [-0.05, 0) is 31.3 Å². The summed E-state index contributed by atoms with van der Waals surface area (Å²) >= 11 is 0. The lowest BCUT2D eigenvalue weighted by atomic mass is 9.38. The zero-order chi connectivity index (χ0) is 20.0. The maximum Gasteiger partial charge on any atom is 0.335 e. The molecule has 7 heteroatoms. The lowest BCUT2D eigenvalue weighted by molar-refractivity contribution is -0.303. The van der Waals surface area contributed by atoms with Gasteiger partial charge in [0, 0.05) is 22.7 Å². The number of aliphatic hydroxyl groups is 4. The Morgan fingerprint density at radius 2 is 1.70 bits per heavy atom. The molecule has 150 valence electrons. The summed E-state index contributed by atoms with van der Waals surface area (Å²) in [7, 11) is 0. The Bertz CT molecular complexity index is 732. The van der Waals surface area contributed by atoms with Crippen molar-refractivity contribution in [2.45, 2.75) is 64.6 Å². The van der Waals surface area contributed by atoms with Crippen molar-refractivity contribution in [1.82, 2.24) is 0 Å². The zero-order valence-corrected chi connectivity index (χ0v) is 16.0. The van der Waals surface area contributed by atoms with Crippen molar-refractivity contribution in [3.8, 4) is 0 Å². The number of ketones is 1. The Kier molecular flexibility index (Phi) is 3.97. The molecule has 3 aliphatic carbocycles. The number of esters is 1. The predicted octanol–water partition coefficient (Wildman–Crippen LogP) is -0.201. The zero-order valence-electron chi connectivity index (χ0n) is 16.0. The first-order valence-corrected chi connectivity index (χ1v) is 9.62. The standard InChI is InChI=1S/C20H28O7/c1-7-5-10(21)17(25)19(3)9(7)6-11-20(4)12(14(23)18(26)27-11)8(2)13(22)15(24)16(19)20/h5,8-9,11-17,22-25H,6H2,1-4H3/t8-,9+,11-,12-,13-,14-,15+,16-,17-,19+,20+/m1/s1. The van der Waals surface area contributed by atoms with E-state index in [0.717, 1.165) is 5.57 Å². The van der Waals surface area contributed by atoms with E-state index in [0.29, 0.717) is 6.42 Å². The second-order valence-corrected chi connectivity index (χ2v) is 9.43. The summed E-state index contributed by atoms with van der Waals surface area (Å²) in [6, 6.07) is 0. The molecular weight excluding hydrogens is 352 g/mol. The number of allylic oxidation sites excluding steroid dienone is 1. The van der Waals surface area contributed by atoms with Crippen molar-refractivity contribution in [2.75, 3.05) is 0 Å². The van der Waals surface area contributed by atoms with Gasteiger partial charge in [-0.2, -0.15) is 0 Å². The van der Waals surface area contributed by atoms with Gasteiger partial charge in [0.1, 0.15) is 12.2 Å². The van der Waals surface area contributed by atoms with E-state index in [1.165, 1.54) is 6.08 Å². The Morgan fingerprint density at radius 1 is 1.07 bits per heavy atom. The van der Waals surface area contributed by atoms with Crippen molar-refractivity contribution in [3.63, 3.8) is 0 Å². The van der Waals surface area contributed by atoms with Crippen LogP contribution in [0, 0.1) is 34.5 Å². The SMILES string of the molecule is CC1=CC(=O)[C@@H](O)[C@]2(C)[C@H]3[C@@H](O)[C@H](O)[C@H](C)[C@@H]4[C@@H](O)C(=O)O[C@H](C[C@@H]12)[C@@]43C. The van der Waals surface area contributed by atoms with Gasteiger partial charge in [0.15, 0.2) is 11.9 Å². The number of carbonyl (C=O) groups excluding carboxylic acids is 2. The Morgan fingerprint density at radius 3 is 2.33 bits per heavy atom. The molecule has 1 saturated heterocycles. The highest BCUT2D eigenvalue weighted by molar-refractivity contribution is 5.96. The number of hydrogen-bond donors (Lipinski definition) is 4. The number of carbonyl (C=O) groups is 2. The monoisotopic (exact) mass is 380 g/mol. The molecule has 7 nitrogen and oxygen atoms in total. The second kappa shape index (κ2) is 5.63. The van der Waals surface area contributed by atoms with Gasteiger partial charge in [-0.1, -0.05) is 26.3 Å². The Hall–Kier alpha value is -1.28. The number of rotatable bonds is 0. The van der Waals surface area contributed by atoms with E-state index in [2.05, 4.69) is 0 Å². The summed E-state index contributed by atoms with van der Waals surface area (Å²) in [5.41, 5.74) is -1.15. The first-order valence-electron chi connectivity index (χ1n) is 9.62. The maximum absolute atomic E-state index is 12.5. The molecule has 0 aromatic rings. The van der Waals surface area contributed by atoms with E-state index < -0.39 is 70.9 Å². The molecular formula is C20H28O7. The topological polar surface area (TPSA) is 124 Å². The summed E-state index contributed by atoms with van der Waals surface area (Å²) in [5, 5.41) is 43.3. The number of fused-ring (bicyclic) bond motifs is 2. The summed E-state index contributed by atoms with van der Waals surface area (Å²) in [6.07, 6.45) is -3.90. The minimum Gasteiger partial charge on any atom is -0.460 e. The van der Waals surface area contributed by atoms with Gasteiger partial charge in [-0.15, -0.1) is 0 Å². The van der Waals surface area contributed by atoms with Crippen LogP contribution in [0.4, 0.5) is 0 Å². The lowest BCUT2D eigenvalue weighted by Gasteiger charge is -2.69. The first kappa shape index (κ1) is 19.1. The molecule has 2 saturated carbocycles. The van der Waals surface area contributed by atoms with Crippen LogP contribution in [-0.2, 0) is 14.3 Å².